The van der Waals surface area contributed by atoms with Gasteiger partial charge in [-0.15, -0.1) is 11.3 Å². The van der Waals surface area contributed by atoms with Gasteiger partial charge in [0.25, 0.3) is 0 Å². The number of hydrogen-bond acceptors (Lipinski definition) is 3. The van der Waals surface area contributed by atoms with Crippen molar-refractivity contribution in [3.8, 4) is 0 Å². The molecule has 0 unspecified atom stereocenters. The molecule has 0 aromatic carbocycles. The first-order valence-corrected chi connectivity index (χ1v) is 6.52. The molecule has 4 heteroatoms. The van der Waals surface area contributed by atoms with Crippen molar-refractivity contribution in [2.24, 2.45) is 4.99 Å². The van der Waals surface area contributed by atoms with Crippen LogP contribution in [0.3, 0.4) is 0 Å². The van der Waals surface area contributed by atoms with Crippen LogP contribution in [0.4, 0.5) is 0 Å². The van der Waals surface area contributed by atoms with Crippen LogP contribution in [0.1, 0.15) is 24.1 Å². The van der Waals surface area contributed by atoms with Crippen molar-refractivity contribution in [3.05, 3.63) is 20.8 Å². The molecule has 76 valence electrons. The van der Waals surface area contributed by atoms with E-state index >= 15 is 0 Å². The van der Waals surface area contributed by atoms with E-state index in [2.05, 4.69) is 37.7 Å². The quantitative estimate of drug-likeness (QED) is 0.879. The third kappa shape index (κ3) is 2.58. The molecule has 0 saturated heterocycles. The maximum atomic E-state index is 4.45. The second-order valence-electron chi connectivity index (χ2n) is 3.33. The molecule has 1 aliphatic heterocycles. The van der Waals surface area contributed by atoms with Gasteiger partial charge in [0.1, 0.15) is 0 Å². The first kappa shape index (κ1) is 10.2. The molecule has 0 radical (unpaired) electrons. The van der Waals surface area contributed by atoms with E-state index in [-0.39, 0.29) is 0 Å². The molecule has 14 heavy (non-hydrogen) atoms. The van der Waals surface area contributed by atoms with Crippen molar-refractivity contribution in [2.45, 2.75) is 25.8 Å². The Morgan fingerprint density at radius 2 is 2.43 bits per heavy atom. The predicted molar refractivity (Wildman–Crippen MR) is 65.0 cm³/mol. The summed E-state index contributed by atoms with van der Waals surface area (Å²) < 4.78 is 1.20. The molecule has 0 saturated carbocycles. The van der Waals surface area contributed by atoms with Gasteiger partial charge >= 0.3 is 0 Å². The van der Waals surface area contributed by atoms with E-state index in [1.54, 1.807) is 11.3 Å². The molecule has 0 amide bonds. The highest BCUT2D eigenvalue weighted by molar-refractivity contribution is 9.10. The molecule has 0 atom stereocenters. The number of thiophene rings is 1. The van der Waals surface area contributed by atoms with E-state index in [9.17, 15) is 0 Å². The van der Waals surface area contributed by atoms with Crippen LogP contribution in [0.15, 0.2) is 20.9 Å². The van der Waals surface area contributed by atoms with E-state index in [4.69, 9.17) is 0 Å². The number of amidine groups is 1. The topological polar surface area (TPSA) is 24.4 Å². The van der Waals surface area contributed by atoms with Gasteiger partial charge in [0.15, 0.2) is 0 Å². The van der Waals surface area contributed by atoms with E-state index in [1.165, 1.54) is 28.0 Å². The highest BCUT2D eigenvalue weighted by Gasteiger charge is 2.06. The minimum absolute atomic E-state index is 0.900. The third-order valence-electron chi connectivity index (χ3n) is 2.27. The Balaban J connectivity index is 1.88. The number of rotatable bonds is 2. The number of nitrogens with zero attached hydrogens (tertiary/aromatic N) is 1. The van der Waals surface area contributed by atoms with Crippen LogP contribution in [-0.4, -0.2) is 12.4 Å². The van der Waals surface area contributed by atoms with Crippen LogP contribution >= 0.6 is 27.3 Å². The molecular weight excluding hydrogens is 260 g/mol. The van der Waals surface area contributed by atoms with Gasteiger partial charge in [0, 0.05) is 22.3 Å². The van der Waals surface area contributed by atoms with Crippen LogP contribution < -0.4 is 5.32 Å². The summed E-state index contributed by atoms with van der Waals surface area (Å²) in [5.74, 6) is 1.18. The molecule has 2 heterocycles. The van der Waals surface area contributed by atoms with Crippen LogP contribution in [0.5, 0.6) is 0 Å². The van der Waals surface area contributed by atoms with Crippen molar-refractivity contribution in [1.82, 2.24) is 5.32 Å². The Morgan fingerprint density at radius 3 is 3.07 bits per heavy atom. The molecule has 2 nitrogen and oxygen atoms in total. The number of halogens is 1. The summed E-state index contributed by atoms with van der Waals surface area (Å²) in [4.78, 5) is 5.80. The third-order valence-corrected chi connectivity index (χ3v) is 4.19. The zero-order valence-electron chi connectivity index (χ0n) is 7.92. The van der Waals surface area contributed by atoms with Crippen molar-refractivity contribution in [1.29, 1.82) is 0 Å². The summed E-state index contributed by atoms with van der Waals surface area (Å²) in [5, 5.41) is 5.50. The Labute approximate surface area is 96.6 Å². The lowest BCUT2D eigenvalue weighted by Crippen LogP contribution is -2.24. The smallest absolute Gasteiger partial charge is 0.0965 e. The van der Waals surface area contributed by atoms with Gasteiger partial charge in [0.05, 0.1) is 12.4 Å². The van der Waals surface area contributed by atoms with Crippen molar-refractivity contribution in [3.63, 3.8) is 0 Å². The van der Waals surface area contributed by atoms with Crippen LogP contribution in [0.25, 0.3) is 0 Å². The Morgan fingerprint density at radius 1 is 1.50 bits per heavy atom. The molecule has 1 N–H and O–H groups in total. The first-order chi connectivity index (χ1) is 6.86. The number of nitrogens with one attached hydrogen (secondary N) is 1. The van der Waals surface area contributed by atoms with Crippen LogP contribution in [0.2, 0.25) is 0 Å². The number of aliphatic imine (C=N–C) groups is 1. The zero-order valence-corrected chi connectivity index (χ0v) is 10.3. The molecule has 2 rings (SSSR count). The van der Waals surface area contributed by atoms with Gasteiger partial charge in [-0.2, -0.15) is 0 Å². The predicted octanol–water partition coefficient (Wildman–Crippen LogP) is 3.18. The number of hydrogen-bond donors (Lipinski definition) is 1. The van der Waals surface area contributed by atoms with E-state index in [1.807, 2.05) is 0 Å². The molecule has 0 aliphatic carbocycles. The van der Waals surface area contributed by atoms with E-state index in [0.717, 1.165) is 19.5 Å². The monoisotopic (exact) mass is 272 g/mol. The van der Waals surface area contributed by atoms with Crippen molar-refractivity contribution < 1.29 is 0 Å². The lowest BCUT2D eigenvalue weighted by molar-refractivity contribution is 0.707. The molecule has 1 aromatic rings. The summed E-state index contributed by atoms with van der Waals surface area (Å²) in [7, 11) is 0. The molecular formula is C10H13BrN2S. The molecule has 0 bridgehead atoms. The minimum atomic E-state index is 0.900. The molecule has 0 spiro atoms. The molecule has 1 aliphatic rings. The summed E-state index contributed by atoms with van der Waals surface area (Å²) in [6.45, 7) is 1.89. The zero-order chi connectivity index (χ0) is 9.80. The van der Waals surface area contributed by atoms with Crippen molar-refractivity contribution >= 4 is 33.1 Å². The first-order valence-electron chi connectivity index (χ1n) is 4.85. The average Bonchev–Trinajstić information content (AvgIpc) is 2.63. The fourth-order valence-corrected chi connectivity index (χ4v) is 2.91. The maximum absolute atomic E-state index is 4.45. The molecule has 1 aromatic heterocycles. The van der Waals surface area contributed by atoms with E-state index in [0.29, 0.717) is 0 Å². The van der Waals surface area contributed by atoms with Crippen LogP contribution in [-0.2, 0) is 6.54 Å². The lowest BCUT2D eigenvalue weighted by Gasteiger charge is -2.13. The average molecular weight is 273 g/mol. The van der Waals surface area contributed by atoms with Gasteiger partial charge in [-0.05, 0) is 40.2 Å². The molecule has 0 fully saturated rings. The summed E-state index contributed by atoms with van der Waals surface area (Å²) in [6, 6.07) is 2.09. The van der Waals surface area contributed by atoms with E-state index < -0.39 is 0 Å². The minimum Gasteiger partial charge on any atom is -0.369 e. The second kappa shape index (κ2) is 4.94. The van der Waals surface area contributed by atoms with Crippen molar-refractivity contribution in [2.75, 3.05) is 6.54 Å². The van der Waals surface area contributed by atoms with Gasteiger partial charge < -0.3 is 5.32 Å². The van der Waals surface area contributed by atoms with Gasteiger partial charge in [0.2, 0.25) is 0 Å². The largest absolute Gasteiger partial charge is 0.369 e. The Kier molecular flexibility index (Phi) is 3.59. The van der Waals surface area contributed by atoms with Crippen LogP contribution in [0, 0.1) is 0 Å². The van der Waals surface area contributed by atoms with Gasteiger partial charge in [-0.1, -0.05) is 0 Å². The SMILES string of the molecule is Brc1ccsc1CNC1=NCCCC1. The summed E-state index contributed by atoms with van der Waals surface area (Å²) in [6.07, 6.45) is 3.63. The van der Waals surface area contributed by atoms with Gasteiger partial charge in [-0.25, -0.2) is 0 Å². The standard InChI is InChI=1S/C10H13BrN2S/c11-8-4-6-14-9(8)7-13-10-3-1-2-5-12-10/h4,6H,1-3,5,7H2,(H,12,13). The summed E-state index contributed by atoms with van der Waals surface area (Å²) in [5.41, 5.74) is 0. The maximum Gasteiger partial charge on any atom is 0.0965 e. The Bertz CT molecular complexity index is 333. The highest BCUT2D eigenvalue weighted by atomic mass is 79.9. The lowest BCUT2D eigenvalue weighted by atomic mass is 10.2. The fourth-order valence-electron chi connectivity index (χ4n) is 1.48. The normalized spacial score (nSPS) is 16.5. The highest BCUT2D eigenvalue weighted by Crippen LogP contribution is 2.22. The Hall–Kier alpha value is -0.350. The second-order valence-corrected chi connectivity index (χ2v) is 5.19. The van der Waals surface area contributed by atoms with Gasteiger partial charge in [-0.3, -0.25) is 4.99 Å². The summed E-state index contributed by atoms with van der Waals surface area (Å²) >= 11 is 5.30. The fraction of sp³-hybridized carbons (Fsp3) is 0.500.